The molecule has 4 rings (SSSR count). The quantitative estimate of drug-likeness (QED) is 0.769. The summed E-state index contributed by atoms with van der Waals surface area (Å²) in [6.45, 7) is 7.89. The van der Waals surface area contributed by atoms with Crippen molar-refractivity contribution in [3.05, 3.63) is 23.1 Å². The second kappa shape index (κ2) is 7.12. The van der Waals surface area contributed by atoms with Crippen molar-refractivity contribution < 1.29 is 4.21 Å². The van der Waals surface area contributed by atoms with E-state index in [9.17, 15) is 4.21 Å². The maximum absolute atomic E-state index is 12.9. The van der Waals surface area contributed by atoms with Crippen LogP contribution in [0.3, 0.4) is 0 Å². The second-order valence-corrected chi connectivity index (χ2v) is 11.7. The number of nitrogens with one attached hydrogen (secondary N) is 1. The molecule has 27 heavy (non-hydrogen) atoms. The Morgan fingerprint density at radius 1 is 1.26 bits per heavy atom. The molecular weight excluding hydrogens is 426 g/mol. The molecule has 0 radical (unpaired) electrons. The molecule has 3 heterocycles. The average Bonchev–Trinajstić information content (AvgIpc) is 3.27. The van der Waals surface area contributed by atoms with Crippen LogP contribution in [-0.2, 0) is 11.0 Å². The molecule has 1 aliphatic carbocycles. The summed E-state index contributed by atoms with van der Waals surface area (Å²) < 4.78 is 19.0. The molecule has 2 aromatic rings. The third kappa shape index (κ3) is 3.56. The molecule has 2 unspecified atom stereocenters. The van der Waals surface area contributed by atoms with E-state index in [2.05, 4.69) is 35.5 Å². The number of hydrogen-bond donors (Lipinski definition) is 1. The lowest BCUT2D eigenvalue weighted by molar-refractivity contribution is 0.176. The number of halogens is 1. The maximum Gasteiger partial charge on any atom is 0.211 e. The predicted octanol–water partition coefficient (Wildman–Crippen LogP) is 3.68. The van der Waals surface area contributed by atoms with E-state index in [-0.39, 0.29) is 16.2 Å². The van der Waals surface area contributed by atoms with Crippen molar-refractivity contribution >= 4 is 38.5 Å². The lowest BCUT2D eigenvalue weighted by Crippen LogP contribution is -2.58. The maximum atomic E-state index is 12.9. The topological polar surface area (TPSA) is 62.5 Å². The highest BCUT2D eigenvalue weighted by molar-refractivity contribution is 9.10. The molecule has 2 aromatic heterocycles. The normalized spacial score (nSPS) is 24.0. The van der Waals surface area contributed by atoms with Crippen molar-refractivity contribution in [1.29, 1.82) is 0 Å². The molecule has 1 aliphatic heterocycles. The molecule has 148 valence electrons. The van der Waals surface area contributed by atoms with Crippen LogP contribution >= 0.6 is 15.9 Å². The van der Waals surface area contributed by atoms with Crippen molar-refractivity contribution in [3.8, 4) is 0 Å². The van der Waals surface area contributed by atoms with Gasteiger partial charge in [0.2, 0.25) is 5.95 Å². The smallest absolute Gasteiger partial charge is 0.211 e. The van der Waals surface area contributed by atoms with Gasteiger partial charge in [0.05, 0.1) is 20.2 Å². The third-order valence-corrected chi connectivity index (χ3v) is 8.24. The lowest BCUT2D eigenvalue weighted by Gasteiger charge is -2.47. The number of piperidine rings is 1. The largest absolute Gasteiger partial charge is 0.340 e. The molecule has 1 spiro atoms. The molecule has 0 aromatic carbocycles. The molecule has 8 heteroatoms. The van der Waals surface area contributed by atoms with Crippen LogP contribution < -0.4 is 9.62 Å². The van der Waals surface area contributed by atoms with Gasteiger partial charge < -0.3 is 4.90 Å². The van der Waals surface area contributed by atoms with E-state index < -0.39 is 11.0 Å². The van der Waals surface area contributed by atoms with E-state index in [0.29, 0.717) is 0 Å². The first kappa shape index (κ1) is 19.3. The van der Waals surface area contributed by atoms with Crippen LogP contribution in [0, 0.1) is 5.41 Å². The second-order valence-electron chi connectivity index (χ2n) is 8.84. The Morgan fingerprint density at radius 2 is 2.00 bits per heavy atom. The van der Waals surface area contributed by atoms with Gasteiger partial charge in [-0.05, 0) is 61.4 Å². The first-order valence-corrected chi connectivity index (χ1v) is 11.7. The standard InChI is InChI=1S/C19H28BrN5OS/c1-18(2,3)27(26)23-15-13-24(10-8-19(15)6-4-5-7-19)17-22-12-14(20)16-21-9-11-25(16)17/h9,11-12,15,23H,4-8,10,13H2,1-3H3. The first-order valence-electron chi connectivity index (χ1n) is 9.71. The monoisotopic (exact) mass is 453 g/mol. The first-order chi connectivity index (χ1) is 12.8. The van der Waals surface area contributed by atoms with Gasteiger partial charge >= 0.3 is 0 Å². The van der Waals surface area contributed by atoms with Crippen LogP contribution in [0.1, 0.15) is 52.9 Å². The highest BCUT2D eigenvalue weighted by Gasteiger charge is 2.46. The van der Waals surface area contributed by atoms with Crippen molar-refractivity contribution in [2.75, 3.05) is 18.0 Å². The van der Waals surface area contributed by atoms with E-state index in [4.69, 9.17) is 0 Å². The summed E-state index contributed by atoms with van der Waals surface area (Å²) in [6, 6.07) is 0.206. The highest BCUT2D eigenvalue weighted by Crippen LogP contribution is 2.47. The lowest BCUT2D eigenvalue weighted by atomic mass is 9.73. The number of aromatic nitrogens is 3. The molecular formula is C19H28BrN5OS. The highest BCUT2D eigenvalue weighted by atomic mass is 79.9. The zero-order chi connectivity index (χ0) is 19.2. The van der Waals surface area contributed by atoms with Crippen LogP contribution in [0.25, 0.3) is 5.65 Å². The van der Waals surface area contributed by atoms with Crippen molar-refractivity contribution in [3.63, 3.8) is 0 Å². The molecule has 0 bridgehead atoms. The van der Waals surface area contributed by atoms with Gasteiger partial charge in [-0.3, -0.25) is 4.40 Å². The molecule has 1 N–H and O–H groups in total. The Morgan fingerprint density at radius 3 is 2.70 bits per heavy atom. The van der Waals surface area contributed by atoms with Crippen LogP contribution in [0.5, 0.6) is 0 Å². The summed E-state index contributed by atoms with van der Waals surface area (Å²) in [5, 5.41) is 0. The van der Waals surface area contributed by atoms with Gasteiger partial charge in [-0.2, -0.15) is 0 Å². The Hall–Kier alpha value is -0.990. The van der Waals surface area contributed by atoms with E-state index in [1.807, 2.05) is 37.6 Å². The fraction of sp³-hybridized carbons (Fsp3) is 0.684. The summed E-state index contributed by atoms with van der Waals surface area (Å²) in [7, 11) is -1.07. The van der Waals surface area contributed by atoms with Gasteiger partial charge in [-0.15, -0.1) is 0 Å². The van der Waals surface area contributed by atoms with E-state index in [1.54, 1.807) is 6.20 Å². The van der Waals surface area contributed by atoms with E-state index in [0.717, 1.165) is 35.6 Å². The summed E-state index contributed by atoms with van der Waals surface area (Å²) in [4.78, 5) is 11.4. The van der Waals surface area contributed by atoms with Gasteiger partial charge in [0.15, 0.2) is 5.65 Å². The molecule has 6 nitrogen and oxygen atoms in total. The molecule has 0 amide bonds. The summed E-state index contributed by atoms with van der Waals surface area (Å²) in [5.41, 5.74) is 1.14. The van der Waals surface area contributed by atoms with Crippen LogP contribution in [0.15, 0.2) is 23.1 Å². The number of fused-ring (bicyclic) bond motifs is 1. The molecule has 2 fully saturated rings. The number of imidazole rings is 1. The minimum Gasteiger partial charge on any atom is -0.340 e. The number of rotatable bonds is 3. The van der Waals surface area contributed by atoms with E-state index in [1.165, 1.54) is 25.7 Å². The summed E-state index contributed by atoms with van der Waals surface area (Å²) in [5.74, 6) is 0.909. The van der Waals surface area contributed by atoms with Crippen molar-refractivity contribution in [2.24, 2.45) is 5.41 Å². The number of nitrogens with zero attached hydrogens (tertiary/aromatic N) is 4. The summed E-state index contributed by atoms with van der Waals surface area (Å²) >= 11 is 3.53. The van der Waals surface area contributed by atoms with Crippen LogP contribution in [0.2, 0.25) is 0 Å². The van der Waals surface area contributed by atoms with Gasteiger partial charge in [-0.1, -0.05) is 12.8 Å². The Kier molecular flexibility index (Phi) is 5.10. The van der Waals surface area contributed by atoms with E-state index >= 15 is 0 Å². The fourth-order valence-electron chi connectivity index (χ4n) is 4.47. The Balaban J connectivity index is 1.64. The van der Waals surface area contributed by atoms with Crippen LogP contribution in [-0.4, -0.2) is 42.5 Å². The minimum atomic E-state index is -1.07. The minimum absolute atomic E-state index is 0.206. The number of hydrogen-bond acceptors (Lipinski definition) is 4. The molecule has 2 aliphatic rings. The average molecular weight is 454 g/mol. The van der Waals surface area contributed by atoms with Gasteiger partial charge in [0, 0.05) is 37.7 Å². The van der Waals surface area contributed by atoms with Crippen LogP contribution in [0.4, 0.5) is 5.95 Å². The number of anilines is 1. The predicted molar refractivity (Wildman–Crippen MR) is 113 cm³/mol. The molecule has 1 saturated carbocycles. The molecule has 2 atom stereocenters. The Bertz CT molecular complexity index is 855. The zero-order valence-electron chi connectivity index (χ0n) is 16.2. The summed E-state index contributed by atoms with van der Waals surface area (Å²) in [6.07, 6.45) is 11.7. The zero-order valence-corrected chi connectivity index (χ0v) is 18.6. The fourth-order valence-corrected chi connectivity index (χ4v) is 5.81. The van der Waals surface area contributed by atoms with Gasteiger partial charge in [0.25, 0.3) is 0 Å². The Labute approximate surface area is 171 Å². The van der Waals surface area contributed by atoms with Crippen molar-refractivity contribution in [2.45, 2.75) is 63.7 Å². The van der Waals surface area contributed by atoms with Gasteiger partial charge in [-0.25, -0.2) is 18.9 Å². The third-order valence-electron chi connectivity index (χ3n) is 6.07. The SMILES string of the molecule is CC(C)(C)S(=O)NC1CN(c2ncc(Br)c3nccn23)CCC12CCCC2. The van der Waals surface area contributed by atoms with Gasteiger partial charge in [0.1, 0.15) is 0 Å². The molecule has 1 saturated heterocycles. The van der Waals surface area contributed by atoms with Crippen molar-refractivity contribution in [1.82, 2.24) is 19.1 Å².